The number of carbonyl (C=O) groups excluding carboxylic acids is 1. The van der Waals surface area contributed by atoms with Gasteiger partial charge in [-0.2, -0.15) is 5.10 Å². The van der Waals surface area contributed by atoms with Gasteiger partial charge in [0.1, 0.15) is 6.61 Å². The number of nitrogens with zero attached hydrogens (tertiary/aromatic N) is 4. The number of alkyl carbamates (subject to hydrolysis) is 1. The molecule has 2 fully saturated rings. The van der Waals surface area contributed by atoms with Crippen LogP contribution >= 0.6 is 0 Å². The molecule has 3 aromatic rings. The second-order valence-corrected chi connectivity index (χ2v) is 10.2. The molecule has 10 nitrogen and oxygen atoms in total. The first-order chi connectivity index (χ1) is 18.4. The summed E-state index contributed by atoms with van der Waals surface area (Å²) >= 11 is 0. The minimum atomic E-state index is -3.06. The topological polar surface area (TPSA) is 131 Å². The molecule has 0 aliphatic heterocycles. The first kappa shape index (κ1) is 26.6. The number of amides is 2. The number of carbonyl (C=O) groups is 2. The Labute approximate surface area is 219 Å². The molecule has 0 radical (unpaired) electrons. The second kappa shape index (κ2) is 9.97. The zero-order chi connectivity index (χ0) is 27.8. The molecule has 2 aliphatic rings. The Kier molecular flexibility index (Phi) is 6.81. The number of ether oxygens (including phenoxy) is 1. The molecule has 2 aromatic heterocycles. The molecule has 1 atom stereocenters. The summed E-state index contributed by atoms with van der Waals surface area (Å²) in [7, 11) is 0. The first-order valence-corrected chi connectivity index (χ1v) is 12.4. The number of hydrogen-bond acceptors (Lipinski definition) is 6. The summed E-state index contributed by atoms with van der Waals surface area (Å²) in [4.78, 5) is 32.7. The van der Waals surface area contributed by atoms with Crippen LogP contribution < -0.4 is 10.6 Å². The van der Waals surface area contributed by atoms with E-state index in [0.717, 1.165) is 5.56 Å². The highest BCUT2D eigenvalue weighted by Gasteiger charge is 2.59. The summed E-state index contributed by atoms with van der Waals surface area (Å²) in [6.07, 6.45) is -1.61. The van der Waals surface area contributed by atoms with Gasteiger partial charge < -0.3 is 20.5 Å². The molecule has 2 heterocycles. The highest BCUT2D eigenvalue weighted by Crippen LogP contribution is 2.51. The molecule has 3 N–H and O–H groups in total. The number of alkyl halides is 4. The van der Waals surface area contributed by atoms with Crippen LogP contribution in [0.4, 0.5) is 27.2 Å². The fourth-order valence-electron chi connectivity index (χ4n) is 5.26. The van der Waals surface area contributed by atoms with Gasteiger partial charge in [-0.3, -0.25) is 0 Å². The lowest BCUT2D eigenvalue weighted by atomic mass is 9.71. The minimum absolute atomic E-state index is 0.00304. The lowest BCUT2D eigenvalue weighted by Gasteiger charge is -2.46. The quantitative estimate of drug-likeness (QED) is 0.360. The summed E-state index contributed by atoms with van der Waals surface area (Å²) in [6.45, 7) is 0.00304. The van der Waals surface area contributed by atoms with Gasteiger partial charge in [0.15, 0.2) is 0 Å². The van der Waals surface area contributed by atoms with Gasteiger partial charge in [-0.05, 0) is 24.3 Å². The van der Waals surface area contributed by atoms with Crippen molar-refractivity contribution >= 4 is 18.0 Å². The van der Waals surface area contributed by atoms with Crippen molar-refractivity contribution < 1.29 is 37.0 Å². The van der Waals surface area contributed by atoms with E-state index in [4.69, 9.17) is 4.74 Å². The number of nitrogens with one attached hydrogen (secondary N) is 2. The minimum Gasteiger partial charge on any atom is -0.465 e. The summed E-state index contributed by atoms with van der Waals surface area (Å²) in [5, 5.41) is 18.2. The molecule has 14 heteroatoms. The third kappa shape index (κ3) is 5.88. The Morgan fingerprint density at radius 1 is 1.08 bits per heavy atom. The average Bonchev–Trinajstić information content (AvgIpc) is 3.28. The molecular formula is C25H26F4N6O4. The molecular weight excluding hydrogens is 524 g/mol. The van der Waals surface area contributed by atoms with Crippen molar-refractivity contribution in [3.05, 3.63) is 59.7 Å². The molecule has 0 unspecified atom stereocenters. The Hall–Kier alpha value is -3.97. The van der Waals surface area contributed by atoms with Gasteiger partial charge in [0.25, 0.3) is 11.7 Å². The number of benzene rings is 1. The Morgan fingerprint density at radius 2 is 1.77 bits per heavy atom. The van der Waals surface area contributed by atoms with Gasteiger partial charge >= 0.3 is 12.2 Å². The number of rotatable bonds is 7. The van der Waals surface area contributed by atoms with E-state index in [1.165, 1.54) is 16.9 Å². The fraction of sp³-hybridized carbons (Fsp3) is 0.480. The normalized spacial score (nSPS) is 20.5. The molecule has 2 amide bonds. The number of hydrogen-bond donors (Lipinski definition) is 3. The fourth-order valence-corrected chi connectivity index (χ4v) is 5.26. The summed E-state index contributed by atoms with van der Waals surface area (Å²) in [5.74, 6) is -6.25. The standard InChI is InChI=1S/C25H26F4N6O4/c26-24(27)8-6-16(7-9-24)19(33-22(38)39-12-15-4-2-1-3-5-15)17-11-35-20(31-17)32-18(10-30-35)23(34-21(36)37)13-25(28,29)14-23/h1-5,10-11,16,19,34H,6-9,12-14H2,(H,33,38)(H,36,37)/t19-/m0/s1. The van der Waals surface area contributed by atoms with Crippen LogP contribution in [0.1, 0.15) is 61.5 Å². The van der Waals surface area contributed by atoms with Gasteiger partial charge in [-0.25, -0.2) is 41.6 Å². The molecule has 2 saturated carbocycles. The maximum Gasteiger partial charge on any atom is 0.408 e. The Balaban J connectivity index is 1.40. The monoisotopic (exact) mass is 550 g/mol. The van der Waals surface area contributed by atoms with Crippen LogP contribution in [0.3, 0.4) is 0 Å². The zero-order valence-corrected chi connectivity index (χ0v) is 20.6. The smallest absolute Gasteiger partial charge is 0.408 e. The van der Waals surface area contributed by atoms with Crippen LogP contribution in [0, 0.1) is 5.92 Å². The van der Waals surface area contributed by atoms with Gasteiger partial charge in [-0.15, -0.1) is 0 Å². The lowest BCUT2D eigenvalue weighted by Crippen LogP contribution is -2.60. The largest absolute Gasteiger partial charge is 0.465 e. The van der Waals surface area contributed by atoms with Gasteiger partial charge in [-0.1, -0.05) is 30.3 Å². The van der Waals surface area contributed by atoms with E-state index in [9.17, 15) is 32.3 Å². The number of halogens is 4. The lowest BCUT2D eigenvalue weighted by molar-refractivity contribution is -0.136. The maximum absolute atomic E-state index is 13.9. The van der Waals surface area contributed by atoms with Crippen LogP contribution in [0.5, 0.6) is 0 Å². The van der Waals surface area contributed by atoms with E-state index >= 15 is 0 Å². The van der Waals surface area contributed by atoms with E-state index in [1.54, 1.807) is 24.3 Å². The van der Waals surface area contributed by atoms with Gasteiger partial charge in [0.2, 0.25) is 5.92 Å². The number of imidazole rings is 1. The van der Waals surface area contributed by atoms with Crippen molar-refractivity contribution in [2.75, 3.05) is 0 Å². The van der Waals surface area contributed by atoms with Crippen LogP contribution in [0.25, 0.3) is 5.78 Å². The van der Waals surface area contributed by atoms with Crippen molar-refractivity contribution in [1.82, 2.24) is 30.2 Å². The third-order valence-corrected chi connectivity index (χ3v) is 7.21. The van der Waals surface area contributed by atoms with Crippen LogP contribution in [-0.4, -0.2) is 48.7 Å². The summed E-state index contributed by atoms with van der Waals surface area (Å²) < 4.78 is 61.8. The number of fused-ring (bicyclic) bond motifs is 1. The first-order valence-electron chi connectivity index (χ1n) is 12.4. The predicted octanol–water partition coefficient (Wildman–Crippen LogP) is 4.81. The molecule has 5 rings (SSSR count). The average molecular weight is 551 g/mol. The SMILES string of the molecule is O=C(O)NC1(c2cnn3cc([C@@H](NC(=O)OCc4ccccc4)C4CCC(F)(F)CC4)nc3n2)CC(F)(F)C1. The zero-order valence-electron chi connectivity index (χ0n) is 20.6. The van der Waals surface area contributed by atoms with Crippen LogP contribution in [-0.2, 0) is 16.9 Å². The second-order valence-electron chi connectivity index (χ2n) is 10.2. The van der Waals surface area contributed by atoms with Gasteiger partial charge in [0, 0.05) is 25.7 Å². The Morgan fingerprint density at radius 3 is 2.41 bits per heavy atom. The molecule has 39 heavy (non-hydrogen) atoms. The Bertz CT molecular complexity index is 1350. The molecule has 1 aromatic carbocycles. The summed E-state index contributed by atoms with van der Waals surface area (Å²) in [6, 6.07) is 8.19. The summed E-state index contributed by atoms with van der Waals surface area (Å²) in [5.41, 5.74) is -0.604. The third-order valence-electron chi connectivity index (χ3n) is 7.21. The van der Waals surface area contributed by atoms with Crippen molar-refractivity contribution in [2.24, 2.45) is 5.92 Å². The van der Waals surface area contributed by atoms with E-state index in [0.29, 0.717) is 0 Å². The van der Waals surface area contributed by atoms with E-state index in [1.807, 2.05) is 6.07 Å². The molecule has 0 spiro atoms. The number of carboxylic acid groups (broad SMARTS) is 1. The predicted molar refractivity (Wildman–Crippen MR) is 127 cm³/mol. The van der Waals surface area contributed by atoms with Crippen molar-refractivity contribution in [2.45, 2.75) is 68.6 Å². The van der Waals surface area contributed by atoms with E-state index < -0.39 is 48.5 Å². The van der Waals surface area contributed by atoms with Crippen molar-refractivity contribution in [3.8, 4) is 0 Å². The molecule has 208 valence electrons. The molecule has 2 aliphatic carbocycles. The molecule has 0 bridgehead atoms. The maximum atomic E-state index is 13.9. The van der Waals surface area contributed by atoms with Crippen molar-refractivity contribution in [3.63, 3.8) is 0 Å². The highest BCUT2D eigenvalue weighted by molar-refractivity contribution is 5.68. The van der Waals surface area contributed by atoms with E-state index in [-0.39, 0.29) is 55.4 Å². The number of aromatic nitrogens is 4. The van der Waals surface area contributed by atoms with Gasteiger partial charge in [0.05, 0.1) is 35.4 Å². The van der Waals surface area contributed by atoms with E-state index in [2.05, 4.69) is 25.7 Å². The highest BCUT2D eigenvalue weighted by atomic mass is 19.3. The van der Waals surface area contributed by atoms with Crippen molar-refractivity contribution in [1.29, 1.82) is 0 Å². The van der Waals surface area contributed by atoms with Crippen LogP contribution in [0.2, 0.25) is 0 Å². The molecule has 0 saturated heterocycles. The van der Waals surface area contributed by atoms with Crippen LogP contribution in [0.15, 0.2) is 42.7 Å².